The number of carbonyl (C=O) groups is 2. The average Bonchev–Trinajstić information content (AvgIpc) is 3.25. The number of likely N-dealkylation sites (tertiary alicyclic amines) is 2. The zero-order valence-corrected chi connectivity index (χ0v) is 13.0. The molecule has 5 nitrogen and oxygen atoms in total. The standard InChI is InChI=1S/C17H22N2O3/c1-22-15-7-6-13(16(20)18-8-2-3-9-18)12-14(15)17(21)19-10-4-5-11-19/h6-7,12H,2-5,8-11H2,1H3. The van der Waals surface area contributed by atoms with Crippen molar-refractivity contribution in [1.29, 1.82) is 0 Å². The summed E-state index contributed by atoms with van der Waals surface area (Å²) >= 11 is 0. The molecule has 0 unspecified atom stereocenters. The molecule has 5 heteroatoms. The van der Waals surface area contributed by atoms with Crippen LogP contribution in [0, 0.1) is 0 Å². The summed E-state index contributed by atoms with van der Waals surface area (Å²) in [6.07, 6.45) is 4.20. The molecule has 118 valence electrons. The molecule has 0 atom stereocenters. The van der Waals surface area contributed by atoms with E-state index in [4.69, 9.17) is 4.74 Å². The van der Waals surface area contributed by atoms with E-state index in [0.717, 1.165) is 51.9 Å². The van der Waals surface area contributed by atoms with Gasteiger partial charge in [0.2, 0.25) is 0 Å². The minimum Gasteiger partial charge on any atom is -0.496 e. The molecule has 2 aliphatic heterocycles. The molecule has 1 aromatic rings. The second kappa shape index (κ2) is 6.38. The van der Waals surface area contributed by atoms with E-state index in [9.17, 15) is 9.59 Å². The fourth-order valence-electron chi connectivity index (χ4n) is 3.20. The van der Waals surface area contributed by atoms with Crippen molar-refractivity contribution in [3.63, 3.8) is 0 Å². The molecule has 2 aliphatic rings. The molecule has 0 radical (unpaired) electrons. The van der Waals surface area contributed by atoms with E-state index >= 15 is 0 Å². The maximum absolute atomic E-state index is 12.6. The molecular weight excluding hydrogens is 280 g/mol. The zero-order valence-electron chi connectivity index (χ0n) is 13.0. The molecule has 2 amide bonds. The van der Waals surface area contributed by atoms with Gasteiger partial charge >= 0.3 is 0 Å². The Balaban J connectivity index is 1.88. The summed E-state index contributed by atoms with van der Waals surface area (Å²) in [4.78, 5) is 28.8. The van der Waals surface area contributed by atoms with E-state index in [1.54, 1.807) is 25.3 Å². The van der Waals surface area contributed by atoms with Crippen LogP contribution in [0.4, 0.5) is 0 Å². The number of hydrogen-bond donors (Lipinski definition) is 0. The topological polar surface area (TPSA) is 49.9 Å². The van der Waals surface area contributed by atoms with Crippen LogP contribution in [0.1, 0.15) is 46.4 Å². The Bertz CT molecular complexity index is 573. The van der Waals surface area contributed by atoms with Gasteiger partial charge in [0.15, 0.2) is 0 Å². The molecule has 0 aliphatic carbocycles. The number of hydrogen-bond acceptors (Lipinski definition) is 3. The maximum Gasteiger partial charge on any atom is 0.257 e. The fourth-order valence-corrected chi connectivity index (χ4v) is 3.20. The van der Waals surface area contributed by atoms with Crippen LogP contribution in [-0.2, 0) is 0 Å². The number of amides is 2. The second-order valence-corrected chi connectivity index (χ2v) is 5.91. The molecule has 0 spiro atoms. The van der Waals surface area contributed by atoms with Crippen molar-refractivity contribution in [1.82, 2.24) is 9.80 Å². The number of carbonyl (C=O) groups excluding carboxylic acids is 2. The molecule has 2 saturated heterocycles. The van der Waals surface area contributed by atoms with Crippen LogP contribution in [-0.4, -0.2) is 54.9 Å². The van der Waals surface area contributed by atoms with E-state index in [1.165, 1.54) is 0 Å². The lowest BCUT2D eigenvalue weighted by molar-refractivity contribution is 0.0789. The van der Waals surface area contributed by atoms with Crippen LogP contribution in [0.3, 0.4) is 0 Å². The first-order valence-corrected chi connectivity index (χ1v) is 7.97. The van der Waals surface area contributed by atoms with Gasteiger partial charge in [0.25, 0.3) is 11.8 Å². The summed E-state index contributed by atoms with van der Waals surface area (Å²) in [5, 5.41) is 0. The lowest BCUT2D eigenvalue weighted by atomic mass is 10.1. The molecule has 0 N–H and O–H groups in total. The highest BCUT2D eigenvalue weighted by Crippen LogP contribution is 2.25. The Morgan fingerprint density at radius 2 is 1.45 bits per heavy atom. The Kier molecular flexibility index (Phi) is 4.32. The summed E-state index contributed by atoms with van der Waals surface area (Å²) in [5.74, 6) is 0.510. The van der Waals surface area contributed by atoms with Crippen molar-refractivity contribution in [2.75, 3.05) is 33.3 Å². The van der Waals surface area contributed by atoms with E-state index in [-0.39, 0.29) is 11.8 Å². The molecule has 0 saturated carbocycles. The first kappa shape index (κ1) is 14.9. The van der Waals surface area contributed by atoms with Crippen LogP contribution >= 0.6 is 0 Å². The molecule has 22 heavy (non-hydrogen) atoms. The minimum atomic E-state index is -0.0366. The van der Waals surface area contributed by atoms with Gasteiger partial charge < -0.3 is 14.5 Å². The van der Waals surface area contributed by atoms with E-state index < -0.39 is 0 Å². The minimum absolute atomic E-state index is 0.00984. The van der Waals surface area contributed by atoms with Gasteiger partial charge in [0.1, 0.15) is 5.75 Å². The molecular formula is C17H22N2O3. The van der Waals surface area contributed by atoms with Gasteiger partial charge in [-0.05, 0) is 43.9 Å². The Hall–Kier alpha value is -2.04. The third-order valence-corrected chi connectivity index (χ3v) is 4.46. The van der Waals surface area contributed by atoms with Gasteiger partial charge in [0, 0.05) is 31.7 Å². The van der Waals surface area contributed by atoms with Crippen molar-refractivity contribution >= 4 is 11.8 Å². The summed E-state index contributed by atoms with van der Waals surface area (Å²) in [5.41, 5.74) is 1.07. The normalized spacial score (nSPS) is 17.9. The van der Waals surface area contributed by atoms with Crippen molar-refractivity contribution in [3.05, 3.63) is 29.3 Å². The number of ether oxygens (including phenoxy) is 1. The van der Waals surface area contributed by atoms with Gasteiger partial charge in [-0.3, -0.25) is 9.59 Å². The SMILES string of the molecule is COc1ccc(C(=O)N2CCCC2)cc1C(=O)N1CCCC1. The Labute approximate surface area is 130 Å². The van der Waals surface area contributed by atoms with Crippen LogP contribution in [0.2, 0.25) is 0 Å². The molecule has 0 bridgehead atoms. The second-order valence-electron chi connectivity index (χ2n) is 5.91. The number of nitrogens with zero attached hydrogens (tertiary/aromatic N) is 2. The molecule has 3 rings (SSSR count). The van der Waals surface area contributed by atoms with Crippen molar-refractivity contribution in [2.24, 2.45) is 0 Å². The predicted octanol–water partition coefficient (Wildman–Crippen LogP) is 2.17. The number of rotatable bonds is 3. The third-order valence-electron chi connectivity index (χ3n) is 4.46. The first-order chi connectivity index (χ1) is 10.7. The summed E-state index contributed by atoms with van der Waals surface area (Å²) in [7, 11) is 1.55. The molecule has 2 heterocycles. The van der Waals surface area contributed by atoms with Gasteiger partial charge in [-0.2, -0.15) is 0 Å². The Morgan fingerprint density at radius 3 is 2.00 bits per heavy atom. The smallest absolute Gasteiger partial charge is 0.257 e. The zero-order chi connectivity index (χ0) is 15.5. The lowest BCUT2D eigenvalue weighted by Crippen LogP contribution is -2.30. The van der Waals surface area contributed by atoms with Gasteiger partial charge in [-0.1, -0.05) is 0 Å². The largest absolute Gasteiger partial charge is 0.496 e. The van der Waals surface area contributed by atoms with Crippen LogP contribution in [0.5, 0.6) is 5.75 Å². The predicted molar refractivity (Wildman–Crippen MR) is 83.3 cm³/mol. The molecule has 0 aromatic heterocycles. The monoisotopic (exact) mass is 302 g/mol. The van der Waals surface area contributed by atoms with Gasteiger partial charge in [-0.25, -0.2) is 0 Å². The van der Waals surface area contributed by atoms with Crippen LogP contribution in [0.25, 0.3) is 0 Å². The van der Waals surface area contributed by atoms with E-state index in [1.807, 2.05) is 9.80 Å². The van der Waals surface area contributed by atoms with Crippen molar-refractivity contribution < 1.29 is 14.3 Å². The average molecular weight is 302 g/mol. The fraction of sp³-hybridized carbons (Fsp3) is 0.529. The number of benzene rings is 1. The van der Waals surface area contributed by atoms with Crippen LogP contribution in [0.15, 0.2) is 18.2 Å². The molecule has 2 fully saturated rings. The maximum atomic E-state index is 12.6. The summed E-state index contributed by atoms with van der Waals surface area (Å²) < 4.78 is 5.31. The van der Waals surface area contributed by atoms with E-state index in [2.05, 4.69) is 0 Å². The summed E-state index contributed by atoms with van der Waals surface area (Å²) in [6.45, 7) is 3.18. The van der Waals surface area contributed by atoms with Crippen molar-refractivity contribution in [2.45, 2.75) is 25.7 Å². The van der Waals surface area contributed by atoms with Crippen LogP contribution < -0.4 is 4.74 Å². The lowest BCUT2D eigenvalue weighted by Gasteiger charge is -2.19. The van der Waals surface area contributed by atoms with E-state index in [0.29, 0.717) is 16.9 Å². The van der Waals surface area contributed by atoms with Crippen molar-refractivity contribution in [3.8, 4) is 5.75 Å². The highest BCUT2D eigenvalue weighted by atomic mass is 16.5. The quantitative estimate of drug-likeness (QED) is 0.860. The third kappa shape index (κ3) is 2.80. The van der Waals surface area contributed by atoms with Gasteiger partial charge in [0.05, 0.1) is 12.7 Å². The first-order valence-electron chi connectivity index (χ1n) is 7.97. The highest BCUT2D eigenvalue weighted by Gasteiger charge is 2.25. The van der Waals surface area contributed by atoms with Gasteiger partial charge in [-0.15, -0.1) is 0 Å². The summed E-state index contributed by atoms with van der Waals surface area (Å²) in [6, 6.07) is 5.17. The molecule has 1 aromatic carbocycles. The Morgan fingerprint density at radius 1 is 0.909 bits per heavy atom. The number of methoxy groups -OCH3 is 1. The highest BCUT2D eigenvalue weighted by molar-refractivity contribution is 6.01.